The number of fused-ring (bicyclic) bond motifs is 1. The molecule has 26 heavy (non-hydrogen) atoms. The van der Waals surface area contributed by atoms with Crippen molar-refractivity contribution in [2.24, 2.45) is 0 Å². The maximum absolute atomic E-state index is 13.1. The van der Waals surface area contributed by atoms with Gasteiger partial charge >= 0.3 is 0 Å². The minimum atomic E-state index is -0.190. The third-order valence-corrected chi connectivity index (χ3v) is 4.97. The first-order valence-electron chi connectivity index (χ1n) is 7.94. The van der Waals surface area contributed by atoms with E-state index in [4.69, 9.17) is 9.68 Å². The molecule has 0 aliphatic carbocycles. The van der Waals surface area contributed by atoms with Crippen molar-refractivity contribution in [3.05, 3.63) is 83.8 Å². The van der Waals surface area contributed by atoms with Gasteiger partial charge in [0.25, 0.3) is 5.91 Å². The molecule has 0 unspecified atom stereocenters. The molecule has 0 saturated carbocycles. The topological polar surface area (TPSA) is 70.1 Å². The summed E-state index contributed by atoms with van der Waals surface area (Å²) in [6.45, 7) is 0.283. The minimum Gasteiger partial charge on any atom is -0.467 e. The van der Waals surface area contributed by atoms with Crippen LogP contribution >= 0.6 is 11.3 Å². The summed E-state index contributed by atoms with van der Waals surface area (Å²) in [5.41, 5.74) is 1.86. The smallest absolute Gasteiger partial charge is 0.260 e. The van der Waals surface area contributed by atoms with Gasteiger partial charge in [-0.3, -0.25) is 9.69 Å². The number of rotatable bonds is 4. The SMILES string of the molecule is N#Cc1ccc(C(=O)N(Cc2ccco2)c2nc3ccccc3s2)cc1. The fraction of sp³-hybridized carbons (Fsp3) is 0.0500. The molecule has 0 aliphatic rings. The largest absolute Gasteiger partial charge is 0.467 e. The fourth-order valence-electron chi connectivity index (χ4n) is 2.60. The molecule has 1 amide bonds. The summed E-state index contributed by atoms with van der Waals surface area (Å²) >= 11 is 1.46. The number of nitriles is 1. The monoisotopic (exact) mass is 359 g/mol. The molecule has 6 heteroatoms. The summed E-state index contributed by atoms with van der Waals surface area (Å²) in [6.07, 6.45) is 1.58. The molecule has 0 radical (unpaired) electrons. The maximum Gasteiger partial charge on any atom is 0.260 e. The van der Waals surface area contributed by atoms with Crippen LogP contribution in [0.25, 0.3) is 10.2 Å². The predicted octanol–water partition coefficient (Wildman–Crippen LogP) is 4.61. The molecule has 2 heterocycles. The van der Waals surface area contributed by atoms with E-state index in [2.05, 4.69) is 11.1 Å². The molecule has 0 N–H and O–H groups in total. The maximum atomic E-state index is 13.1. The second kappa shape index (κ2) is 6.82. The van der Waals surface area contributed by atoms with Crippen molar-refractivity contribution in [3.8, 4) is 6.07 Å². The third kappa shape index (κ3) is 3.08. The normalized spacial score (nSPS) is 10.6. The molecular formula is C20H13N3O2S. The van der Waals surface area contributed by atoms with Crippen molar-refractivity contribution in [2.75, 3.05) is 4.90 Å². The van der Waals surface area contributed by atoms with Gasteiger partial charge in [-0.05, 0) is 48.5 Å². The van der Waals surface area contributed by atoms with Crippen LogP contribution in [0.2, 0.25) is 0 Å². The van der Waals surface area contributed by atoms with E-state index in [1.165, 1.54) is 11.3 Å². The van der Waals surface area contributed by atoms with Gasteiger partial charge in [-0.1, -0.05) is 23.5 Å². The van der Waals surface area contributed by atoms with Gasteiger partial charge in [0.2, 0.25) is 0 Å². The molecule has 0 spiro atoms. The number of nitrogens with zero attached hydrogens (tertiary/aromatic N) is 3. The average Bonchev–Trinajstić information content (AvgIpc) is 3.34. The van der Waals surface area contributed by atoms with E-state index in [-0.39, 0.29) is 12.5 Å². The average molecular weight is 359 g/mol. The van der Waals surface area contributed by atoms with Crippen molar-refractivity contribution >= 4 is 32.6 Å². The first-order valence-corrected chi connectivity index (χ1v) is 8.76. The van der Waals surface area contributed by atoms with Gasteiger partial charge in [-0.2, -0.15) is 5.26 Å². The molecule has 4 aromatic rings. The molecule has 0 bridgehead atoms. The second-order valence-electron chi connectivity index (χ2n) is 5.62. The Kier molecular flexibility index (Phi) is 4.22. The summed E-state index contributed by atoms with van der Waals surface area (Å²) in [6, 6.07) is 20.0. The molecule has 2 aromatic carbocycles. The zero-order chi connectivity index (χ0) is 17.9. The van der Waals surface area contributed by atoms with Crippen molar-refractivity contribution in [2.45, 2.75) is 6.54 Å². The Bertz CT molecular complexity index is 1060. The van der Waals surface area contributed by atoms with Gasteiger partial charge in [-0.25, -0.2) is 4.98 Å². The first-order chi connectivity index (χ1) is 12.7. The van der Waals surface area contributed by atoms with Crippen molar-refractivity contribution in [1.82, 2.24) is 4.98 Å². The van der Waals surface area contributed by atoms with Crippen LogP contribution in [0.15, 0.2) is 71.3 Å². The Hall–Kier alpha value is -3.43. The third-order valence-electron chi connectivity index (χ3n) is 3.91. The minimum absolute atomic E-state index is 0.190. The highest BCUT2D eigenvalue weighted by atomic mass is 32.1. The standard InChI is InChI=1S/C20H13N3O2S/c21-12-14-7-9-15(10-8-14)19(24)23(13-16-4-3-11-25-16)20-22-17-5-1-2-6-18(17)26-20/h1-11H,13H2. The molecule has 2 aromatic heterocycles. The Morgan fingerprint density at radius 2 is 1.92 bits per heavy atom. The molecule has 0 atom stereocenters. The highest BCUT2D eigenvalue weighted by molar-refractivity contribution is 7.22. The number of aromatic nitrogens is 1. The summed E-state index contributed by atoms with van der Waals surface area (Å²) in [4.78, 5) is 19.3. The number of carbonyl (C=O) groups excluding carboxylic acids is 1. The van der Waals surface area contributed by atoms with Gasteiger partial charge < -0.3 is 4.42 Å². The van der Waals surface area contributed by atoms with Gasteiger partial charge in [0.05, 0.1) is 34.7 Å². The number of hydrogen-bond acceptors (Lipinski definition) is 5. The first kappa shape index (κ1) is 16.1. The van der Waals surface area contributed by atoms with E-state index >= 15 is 0 Å². The van der Waals surface area contributed by atoms with E-state index in [1.54, 1.807) is 41.5 Å². The number of furan rings is 1. The molecule has 5 nitrogen and oxygen atoms in total. The van der Waals surface area contributed by atoms with Crippen molar-refractivity contribution in [3.63, 3.8) is 0 Å². The lowest BCUT2D eigenvalue weighted by Gasteiger charge is -2.18. The van der Waals surface area contributed by atoms with Crippen LogP contribution in [-0.2, 0) is 6.54 Å². The van der Waals surface area contributed by atoms with Crippen LogP contribution in [0.5, 0.6) is 0 Å². The Morgan fingerprint density at radius 1 is 1.12 bits per heavy atom. The van der Waals surface area contributed by atoms with Crippen LogP contribution in [0, 0.1) is 11.3 Å². The molecule has 0 fully saturated rings. The number of thiazole rings is 1. The summed E-state index contributed by atoms with van der Waals surface area (Å²) in [7, 11) is 0. The number of para-hydroxylation sites is 1. The van der Waals surface area contributed by atoms with Crippen LogP contribution in [-0.4, -0.2) is 10.9 Å². The van der Waals surface area contributed by atoms with Crippen LogP contribution in [0.3, 0.4) is 0 Å². The Morgan fingerprint density at radius 3 is 2.62 bits per heavy atom. The second-order valence-corrected chi connectivity index (χ2v) is 6.63. The van der Waals surface area contributed by atoms with Crippen LogP contribution < -0.4 is 4.90 Å². The van der Waals surface area contributed by atoms with E-state index in [1.807, 2.05) is 30.3 Å². The Labute approximate surface area is 153 Å². The lowest BCUT2D eigenvalue weighted by atomic mass is 10.1. The number of anilines is 1. The van der Waals surface area contributed by atoms with Crippen LogP contribution in [0.4, 0.5) is 5.13 Å². The molecular weight excluding hydrogens is 346 g/mol. The molecule has 126 valence electrons. The fourth-order valence-corrected chi connectivity index (χ4v) is 3.57. The lowest BCUT2D eigenvalue weighted by Crippen LogP contribution is -2.30. The van der Waals surface area contributed by atoms with Crippen LogP contribution in [0.1, 0.15) is 21.7 Å². The number of carbonyl (C=O) groups is 1. The lowest BCUT2D eigenvalue weighted by molar-refractivity contribution is 0.0983. The van der Waals surface area contributed by atoms with E-state index in [9.17, 15) is 4.79 Å². The number of benzene rings is 2. The van der Waals surface area contributed by atoms with Gasteiger partial charge in [-0.15, -0.1) is 0 Å². The van der Waals surface area contributed by atoms with Crippen molar-refractivity contribution < 1.29 is 9.21 Å². The zero-order valence-electron chi connectivity index (χ0n) is 13.6. The summed E-state index contributed by atoms with van der Waals surface area (Å²) in [5.74, 6) is 0.483. The molecule has 4 rings (SSSR count). The van der Waals surface area contributed by atoms with E-state index in [0.717, 1.165) is 10.2 Å². The molecule has 0 saturated heterocycles. The predicted molar refractivity (Wildman–Crippen MR) is 100.0 cm³/mol. The Balaban J connectivity index is 1.74. The zero-order valence-corrected chi connectivity index (χ0v) is 14.4. The molecule has 0 aliphatic heterocycles. The van der Waals surface area contributed by atoms with Gasteiger partial charge in [0.15, 0.2) is 5.13 Å². The quantitative estimate of drug-likeness (QED) is 0.533. The van der Waals surface area contributed by atoms with Gasteiger partial charge in [0, 0.05) is 5.56 Å². The highest BCUT2D eigenvalue weighted by Gasteiger charge is 2.22. The highest BCUT2D eigenvalue weighted by Crippen LogP contribution is 2.30. The summed E-state index contributed by atoms with van der Waals surface area (Å²) < 4.78 is 6.44. The summed E-state index contributed by atoms with van der Waals surface area (Å²) in [5, 5.41) is 9.55. The van der Waals surface area contributed by atoms with Gasteiger partial charge in [0.1, 0.15) is 5.76 Å². The number of amides is 1. The van der Waals surface area contributed by atoms with Crippen molar-refractivity contribution in [1.29, 1.82) is 5.26 Å². The van der Waals surface area contributed by atoms with E-state index < -0.39 is 0 Å². The number of hydrogen-bond donors (Lipinski definition) is 0. The van der Waals surface area contributed by atoms with E-state index in [0.29, 0.717) is 22.0 Å².